The van der Waals surface area contributed by atoms with Gasteiger partial charge in [-0.05, 0) is 24.3 Å². The van der Waals surface area contributed by atoms with Crippen LogP contribution in [0.2, 0.25) is 0 Å². The van der Waals surface area contributed by atoms with Crippen molar-refractivity contribution in [2.75, 3.05) is 5.73 Å². The fourth-order valence-electron chi connectivity index (χ4n) is 1.64. The number of primary amides is 1. The zero-order valence-corrected chi connectivity index (χ0v) is 10.3. The molecule has 100 valence electrons. The van der Waals surface area contributed by atoms with Crippen LogP contribution in [0.1, 0.15) is 15.9 Å². The summed E-state index contributed by atoms with van der Waals surface area (Å²) in [6.45, 7) is 0. The Kier molecular flexibility index (Phi) is 3.53. The van der Waals surface area contributed by atoms with Gasteiger partial charge in [-0.2, -0.15) is 5.26 Å². The van der Waals surface area contributed by atoms with E-state index >= 15 is 0 Å². The van der Waals surface area contributed by atoms with Gasteiger partial charge in [0, 0.05) is 6.07 Å². The summed E-state index contributed by atoms with van der Waals surface area (Å²) < 4.78 is 19.0. The molecule has 0 bridgehead atoms. The van der Waals surface area contributed by atoms with Gasteiger partial charge in [-0.1, -0.05) is 6.07 Å². The zero-order valence-electron chi connectivity index (χ0n) is 10.3. The minimum atomic E-state index is -0.951. The van der Waals surface area contributed by atoms with Crippen LogP contribution < -0.4 is 16.2 Å². The van der Waals surface area contributed by atoms with Crippen LogP contribution in [0.4, 0.5) is 10.1 Å². The molecule has 20 heavy (non-hydrogen) atoms. The van der Waals surface area contributed by atoms with Gasteiger partial charge in [-0.25, -0.2) is 4.39 Å². The smallest absolute Gasteiger partial charge is 0.255 e. The second-order valence-corrected chi connectivity index (χ2v) is 3.94. The van der Waals surface area contributed by atoms with E-state index in [1.165, 1.54) is 30.3 Å². The fraction of sp³-hybridized carbons (Fsp3) is 0. The van der Waals surface area contributed by atoms with Gasteiger partial charge in [0.1, 0.15) is 17.1 Å². The number of nitrogens with two attached hydrogens (primary N) is 2. The highest BCUT2D eigenvalue weighted by Gasteiger charge is 2.16. The lowest BCUT2D eigenvalue weighted by Gasteiger charge is -2.11. The van der Waals surface area contributed by atoms with Gasteiger partial charge in [0.15, 0.2) is 5.75 Å². The highest BCUT2D eigenvalue weighted by molar-refractivity contribution is 5.96. The average Bonchev–Trinajstić information content (AvgIpc) is 2.41. The Labute approximate surface area is 114 Å². The van der Waals surface area contributed by atoms with E-state index in [4.69, 9.17) is 21.5 Å². The van der Waals surface area contributed by atoms with Crippen molar-refractivity contribution in [3.8, 4) is 17.6 Å². The predicted octanol–water partition coefficient (Wildman–Crippen LogP) is 2.17. The van der Waals surface area contributed by atoms with Gasteiger partial charge >= 0.3 is 0 Å². The maximum atomic E-state index is 13.6. The molecular formula is C14H10FN3O2. The summed E-state index contributed by atoms with van der Waals surface area (Å²) >= 11 is 0. The molecule has 0 saturated carbocycles. The minimum absolute atomic E-state index is 0.0562. The summed E-state index contributed by atoms with van der Waals surface area (Å²) in [7, 11) is 0. The van der Waals surface area contributed by atoms with Crippen LogP contribution in [0.5, 0.6) is 11.5 Å². The van der Waals surface area contributed by atoms with Crippen LogP contribution in [-0.4, -0.2) is 5.91 Å². The molecule has 0 saturated heterocycles. The molecule has 0 heterocycles. The maximum absolute atomic E-state index is 13.6. The van der Waals surface area contributed by atoms with Crippen LogP contribution in [0.3, 0.4) is 0 Å². The summed E-state index contributed by atoms with van der Waals surface area (Å²) in [5.74, 6) is -1.64. The van der Waals surface area contributed by atoms with Crippen LogP contribution >= 0.6 is 0 Å². The highest BCUT2D eigenvalue weighted by atomic mass is 19.1. The molecule has 4 N–H and O–H groups in total. The maximum Gasteiger partial charge on any atom is 0.255 e. The van der Waals surface area contributed by atoms with Crippen molar-refractivity contribution in [1.82, 2.24) is 0 Å². The molecule has 0 aliphatic carbocycles. The first-order chi connectivity index (χ1) is 9.52. The van der Waals surface area contributed by atoms with Gasteiger partial charge in [-0.3, -0.25) is 4.79 Å². The van der Waals surface area contributed by atoms with E-state index in [0.29, 0.717) is 5.56 Å². The predicted molar refractivity (Wildman–Crippen MR) is 70.6 cm³/mol. The second-order valence-electron chi connectivity index (χ2n) is 3.94. The van der Waals surface area contributed by atoms with Gasteiger partial charge in [0.2, 0.25) is 0 Å². The molecule has 0 unspecified atom stereocenters. The van der Waals surface area contributed by atoms with Crippen molar-refractivity contribution in [2.24, 2.45) is 5.73 Å². The zero-order chi connectivity index (χ0) is 14.7. The van der Waals surface area contributed by atoms with E-state index in [9.17, 15) is 9.18 Å². The van der Waals surface area contributed by atoms with Gasteiger partial charge in [0.25, 0.3) is 5.91 Å². The standard InChI is InChI=1S/C14H10FN3O2/c15-9-2-1-3-11(13(9)14(18)19)20-12-6-8(7-16)4-5-10(12)17/h1-6H,17H2,(H2,18,19). The second kappa shape index (κ2) is 5.28. The molecular weight excluding hydrogens is 261 g/mol. The molecule has 2 rings (SSSR count). The monoisotopic (exact) mass is 271 g/mol. The van der Waals surface area contributed by atoms with Crippen molar-refractivity contribution >= 4 is 11.6 Å². The summed E-state index contributed by atoms with van der Waals surface area (Å²) in [5, 5.41) is 8.83. The molecule has 0 radical (unpaired) electrons. The van der Waals surface area contributed by atoms with Gasteiger partial charge < -0.3 is 16.2 Å². The SMILES string of the molecule is N#Cc1ccc(N)c(Oc2cccc(F)c2C(N)=O)c1. The van der Waals surface area contributed by atoms with Crippen molar-refractivity contribution in [3.63, 3.8) is 0 Å². The van der Waals surface area contributed by atoms with E-state index in [1.54, 1.807) is 0 Å². The van der Waals surface area contributed by atoms with E-state index in [1.807, 2.05) is 6.07 Å². The number of hydrogen-bond donors (Lipinski definition) is 2. The quantitative estimate of drug-likeness (QED) is 0.835. The number of hydrogen-bond acceptors (Lipinski definition) is 4. The van der Waals surface area contributed by atoms with Crippen molar-refractivity contribution in [3.05, 3.63) is 53.3 Å². The number of rotatable bonds is 3. The lowest BCUT2D eigenvalue weighted by molar-refractivity contribution is 0.0994. The molecule has 2 aromatic rings. The summed E-state index contributed by atoms with van der Waals surface area (Å²) in [6.07, 6.45) is 0. The molecule has 0 aromatic heterocycles. The molecule has 2 aromatic carbocycles. The van der Waals surface area contributed by atoms with Crippen LogP contribution in [-0.2, 0) is 0 Å². The lowest BCUT2D eigenvalue weighted by Crippen LogP contribution is -2.14. The van der Waals surface area contributed by atoms with Gasteiger partial charge in [-0.15, -0.1) is 0 Å². The van der Waals surface area contributed by atoms with Gasteiger partial charge in [0.05, 0.1) is 17.3 Å². The van der Waals surface area contributed by atoms with E-state index < -0.39 is 11.7 Å². The molecule has 0 spiro atoms. The van der Waals surface area contributed by atoms with E-state index in [-0.39, 0.29) is 22.7 Å². The topological polar surface area (TPSA) is 102 Å². The molecule has 0 aliphatic heterocycles. The number of ether oxygens (including phenoxy) is 1. The number of amides is 1. The van der Waals surface area contributed by atoms with E-state index in [2.05, 4.69) is 0 Å². The first-order valence-corrected chi connectivity index (χ1v) is 5.58. The normalized spacial score (nSPS) is 9.80. The molecule has 0 fully saturated rings. The average molecular weight is 271 g/mol. The number of halogens is 1. The third-order valence-corrected chi connectivity index (χ3v) is 2.58. The fourth-order valence-corrected chi connectivity index (χ4v) is 1.64. The largest absolute Gasteiger partial charge is 0.454 e. The van der Waals surface area contributed by atoms with Crippen molar-refractivity contribution in [1.29, 1.82) is 5.26 Å². The third-order valence-electron chi connectivity index (χ3n) is 2.58. The first kappa shape index (κ1) is 13.4. The number of nitrogens with zero attached hydrogens (tertiary/aromatic N) is 1. The van der Waals surface area contributed by atoms with Crippen molar-refractivity contribution in [2.45, 2.75) is 0 Å². The number of carbonyl (C=O) groups is 1. The minimum Gasteiger partial charge on any atom is -0.454 e. The molecule has 6 heteroatoms. The number of anilines is 1. The van der Waals surface area contributed by atoms with Crippen LogP contribution in [0.25, 0.3) is 0 Å². The summed E-state index contributed by atoms with van der Waals surface area (Å²) in [4.78, 5) is 11.3. The lowest BCUT2D eigenvalue weighted by atomic mass is 10.1. The Morgan fingerprint density at radius 2 is 2.00 bits per heavy atom. The Bertz CT molecular complexity index is 723. The molecule has 5 nitrogen and oxygen atoms in total. The Hall–Kier alpha value is -3.07. The third kappa shape index (κ3) is 2.52. The number of nitrogen functional groups attached to an aromatic ring is 1. The summed E-state index contributed by atoms with van der Waals surface area (Å²) in [6, 6.07) is 10.2. The Morgan fingerprint density at radius 3 is 2.65 bits per heavy atom. The number of nitriles is 1. The molecule has 1 amide bonds. The molecule has 0 atom stereocenters. The number of benzene rings is 2. The van der Waals surface area contributed by atoms with Crippen LogP contribution in [0.15, 0.2) is 36.4 Å². The Morgan fingerprint density at radius 1 is 1.25 bits per heavy atom. The Balaban J connectivity index is 2.48. The van der Waals surface area contributed by atoms with Crippen LogP contribution in [0, 0.1) is 17.1 Å². The first-order valence-electron chi connectivity index (χ1n) is 5.58. The van der Waals surface area contributed by atoms with E-state index in [0.717, 1.165) is 6.07 Å². The number of carbonyl (C=O) groups excluding carboxylic acids is 1. The molecule has 0 aliphatic rings. The summed E-state index contributed by atoms with van der Waals surface area (Å²) in [5.41, 5.74) is 11.0. The van der Waals surface area contributed by atoms with Crippen molar-refractivity contribution < 1.29 is 13.9 Å². The highest BCUT2D eigenvalue weighted by Crippen LogP contribution is 2.31.